The Morgan fingerprint density at radius 2 is 1.96 bits per heavy atom. The molecule has 0 radical (unpaired) electrons. The van der Waals surface area contributed by atoms with Gasteiger partial charge in [0.1, 0.15) is 5.75 Å². The van der Waals surface area contributed by atoms with E-state index in [4.69, 9.17) is 14.2 Å². The summed E-state index contributed by atoms with van der Waals surface area (Å²) in [6.45, 7) is 2.19. The molecule has 1 N–H and O–H groups in total. The first-order valence-corrected chi connectivity index (χ1v) is 8.08. The second kappa shape index (κ2) is 7.77. The average Bonchev–Trinajstić information content (AvgIpc) is 3.13. The second-order valence-corrected chi connectivity index (χ2v) is 5.68. The Morgan fingerprint density at radius 3 is 2.77 bits per heavy atom. The maximum atomic E-state index is 12.2. The van der Waals surface area contributed by atoms with Crippen LogP contribution in [0.3, 0.4) is 0 Å². The van der Waals surface area contributed by atoms with Crippen molar-refractivity contribution in [1.29, 1.82) is 0 Å². The number of fused-ring (bicyclic) bond motifs is 1. The minimum absolute atomic E-state index is 0.209. The number of amides is 1. The molecule has 2 aromatic rings. The number of methoxy groups -OCH3 is 1. The first-order valence-electron chi connectivity index (χ1n) is 8.08. The first-order chi connectivity index (χ1) is 12.6. The lowest BCUT2D eigenvalue weighted by atomic mass is 10.2. The van der Waals surface area contributed by atoms with Crippen LogP contribution in [-0.2, 0) is 16.1 Å². The quantitative estimate of drug-likeness (QED) is 0.799. The van der Waals surface area contributed by atoms with Crippen LogP contribution in [-0.4, -0.2) is 31.9 Å². The summed E-state index contributed by atoms with van der Waals surface area (Å²) >= 11 is 0. The molecule has 1 amide bonds. The average molecular weight is 357 g/mol. The van der Waals surface area contributed by atoms with Gasteiger partial charge in [0, 0.05) is 6.54 Å². The van der Waals surface area contributed by atoms with E-state index in [9.17, 15) is 9.59 Å². The van der Waals surface area contributed by atoms with Gasteiger partial charge in [-0.25, -0.2) is 4.79 Å². The summed E-state index contributed by atoms with van der Waals surface area (Å²) in [4.78, 5) is 23.8. The van der Waals surface area contributed by atoms with Crippen LogP contribution in [0.4, 0.5) is 0 Å². The summed E-state index contributed by atoms with van der Waals surface area (Å²) in [7, 11) is 1.31. The number of carbonyl (C=O) groups is 2. The van der Waals surface area contributed by atoms with Crippen LogP contribution in [0.5, 0.6) is 17.2 Å². The van der Waals surface area contributed by atoms with Gasteiger partial charge in [-0.15, -0.1) is 0 Å². The minimum atomic E-state index is -0.725. The fraction of sp³-hybridized carbons (Fsp3) is 0.263. The molecular formula is C19H19NO6. The van der Waals surface area contributed by atoms with Crippen molar-refractivity contribution in [3.05, 3.63) is 53.6 Å². The van der Waals surface area contributed by atoms with Crippen molar-refractivity contribution in [3.63, 3.8) is 0 Å². The molecule has 3 rings (SSSR count). The van der Waals surface area contributed by atoms with Crippen LogP contribution in [0, 0.1) is 0 Å². The fourth-order valence-electron chi connectivity index (χ4n) is 2.46. The van der Waals surface area contributed by atoms with E-state index >= 15 is 0 Å². The summed E-state index contributed by atoms with van der Waals surface area (Å²) in [5, 5.41) is 2.81. The third kappa shape index (κ3) is 4.05. The molecule has 1 aliphatic heterocycles. The number of esters is 1. The van der Waals surface area contributed by atoms with Crippen LogP contribution in [0.25, 0.3) is 0 Å². The number of hydrogen-bond acceptors (Lipinski definition) is 6. The highest BCUT2D eigenvalue weighted by Gasteiger charge is 2.17. The maximum Gasteiger partial charge on any atom is 0.337 e. The van der Waals surface area contributed by atoms with Crippen LogP contribution >= 0.6 is 0 Å². The molecular weight excluding hydrogens is 338 g/mol. The topological polar surface area (TPSA) is 83.1 Å². The van der Waals surface area contributed by atoms with Crippen molar-refractivity contribution in [2.45, 2.75) is 19.6 Å². The number of rotatable bonds is 6. The van der Waals surface area contributed by atoms with Gasteiger partial charge in [-0.05, 0) is 42.8 Å². The molecule has 1 atom stereocenters. The third-order valence-corrected chi connectivity index (χ3v) is 3.84. The van der Waals surface area contributed by atoms with E-state index in [1.165, 1.54) is 13.2 Å². The lowest BCUT2D eigenvalue weighted by Gasteiger charge is -2.15. The predicted octanol–water partition coefficient (Wildman–Crippen LogP) is 2.29. The molecule has 1 heterocycles. The molecule has 0 saturated heterocycles. The van der Waals surface area contributed by atoms with Gasteiger partial charge in [-0.1, -0.05) is 12.1 Å². The molecule has 1 unspecified atom stereocenters. The van der Waals surface area contributed by atoms with Gasteiger partial charge in [0.2, 0.25) is 6.79 Å². The molecule has 1 aliphatic rings. The van der Waals surface area contributed by atoms with E-state index in [2.05, 4.69) is 10.1 Å². The summed E-state index contributed by atoms with van der Waals surface area (Å²) < 4.78 is 20.8. The highest BCUT2D eigenvalue weighted by molar-refractivity contribution is 5.89. The van der Waals surface area contributed by atoms with Crippen molar-refractivity contribution in [2.75, 3.05) is 13.9 Å². The normalized spacial score (nSPS) is 13.0. The van der Waals surface area contributed by atoms with Crippen molar-refractivity contribution in [3.8, 4) is 17.2 Å². The Bertz CT molecular complexity index is 819. The number of nitrogens with one attached hydrogen (secondary N) is 1. The van der Waals surface area contributed by atoms with Crippen LogP contribution in [0.1, 0.15) is 22.8 Å². The SMILES string of the molecule is COC(=O)c1cccc(OC(C)C(=O)NCc2ccc3c(c2)OCO3)c1. The van der Waals surface area contributed by atoms with Crippen LogP contribution < -0.4 is 19.5 Å². The maximum absolute atomic E-state index is 12.2. The first kappa shape index (κ1) is 17.6. The highest BCUT2D eigenvalue weighted by Crippen LogP contribution is 2.32. The van der Waals surface area contributed by atoms with E-state index in [0.717, 1.165) is 5.56 Å². The molecule has 0 saturated carbocycles. The lowest BCUT2D eigenvalue weighted by Crippen LogP contribution is -2.35. The van der Waals surface area contributed by atoms with Crippen molar-refractivity contribution < 1.29 is 28.5 Å². The molecule has 0 fully saturated rings. The number of hydrogen-bond donors (Lipinski definition) is 1. The molecule has 26 heavy (non-hydrogen) atoms. The van der Waals surface area contributed by atoms with Gasteiger partial charge in [0.05, 0.1) is 12.7 Å². The smallest absolute Gasteiger partial charge is 0.337 e. The third-order valence-electron chi connectivity index (χ3n) is 3.84. The van der Waals surface area contributed by atoms with Gasteiger partial charge in [-0.2, -0.15) is 0 Å². The molecule has 0 aliphatic carbocycles. The fourth-order valence-corrected chi connectivity index (χ4v) is 2.46. The van der Waals surface area contributed by atoms with E-state index in [0.29, 0.717) is 29.4 Å². The summed E-state index contributed by atoms with van der Waals surface area (Å²) in [6, 6.07) is 12.0. The molecule has 2 aromatic carbocycles. The van der Waals surface area contributed by atoms with Gasteiger partial charge in [0.25, 0.3) is 5.91 Å². The minimum Gasteiger partial charge on any atom is -0.481 e. The Kier molecular flexibility index (Phi) is 5.26. The number of ether oxygens (including phenoxy) is 4. The van der Waals surface area contributed by atoms with E-state index in [-0.39, 0.29) is 12.7 Å². The Hall–Kier alpha value is -3.22. The van der Waals surface area contributed by atoms with Gasteiger partial charge in [-0.3, -0.25) is 4.79 Å². The molecule has 0 spiro atoms. The number of benzene rings is 2. The standard InChI is InChI=1S/C19H19NO6/c1-12(26-15-5-3-4-14(9-15)19(22)23-2)18(21)20-10-13-6-7-16-17(8-13)25-11-24-16/h3-9,12H,10-11H2,1-2H3,(H,20,21). The van der Waals surface area contributed by atoms with E-state index in [1.54, 1.807) is 25.1 Å². The Morgan fingerprint density at radius 1 is 1.15 bits per heavy atom. The Labute approximate surface area is 150 Å². The molecule has 7 heteroatoms. The van der Waals surface area contributed by atoms with Gasteiger partial charge >= 0.3 is 5.97 Å². The zero-order chi connectivity index (χ0) is 18.5. The molecule has 0 aromatic heterocycles. The summed E-state index contributed by atoms with van der Waals surface area (Å²) in [6.07, 6.45) is -0.725. The monoisotopic (exact) mass is 357 g/mol. The van der Waals surface area contributed by atoms with E-state index in [1.807, 2.05) is 18.2 Å². The van der Waals surface area contributed by atoms with Crippen LogP contribution in [0.2, 0.25) is 0 Å². The number of carbonyl (C=O) groups excluding carboxylic acids is 2. The Balaban J connectivity index is 1.55. The largest absolute Gasteiger partial charge is 0.481 e. The molecule has 136 valence electrons. The zero-order valence-corrected chi connectivity index (χ0v) is 14.5. The van der Waals surface area contributed by atoms with Crippen molar-refractivity contribution >= 4 is 11.9 Å². The van der Waals surface area contributed by atoms with E-state index < -0.39 is 12.1 Å². The van der Waals surface area contributed by atoms with Crippen molar-refractivity contribution in [1.82, 2.24) is 5.32 Å². The predicted molar refractivity (Wildman–Crippen MR) is 92.3 cm³/mol. The van der Waals surface area contributed by atoms with Crippen molar-refractivity contribution in [2.24, 2.45) is 0 Å². The van der Waals surface area contributed by atoms with Gasteiger partial charge in [0.15, 0.2) is 17.6 Å². The van der Waals surface area contributed by atoms with Gasteiger partial charge < -0.3 is 24.3 Å². The zero-order valence-electron chi connectivity index (χ0n) is 14.5. The summed E-state index contributed by atoms with van der Waals surface area (Å²) in [5.74, 6) is 1.04. The lowest BCUT2D eigenvalue weighted by molar-refractivity contribution is -0.127. The molecule has 7 nitrogen and oxygen atoms in total. The van der Waals surface area contributed by atoms with Crippen LogP contribution in [0.15, 0.2) is 42.5 Å². The second-order valence-electron chi connectivity index (χ2n) is 5.68. The molecule has 0 bridgehead atoms. The highest BCUT2D eigenvalue weighted by atomic mass is 16.7. The summed E-state index contributed by atoms with van der Waals surface area (Å²) in [5.41, 5.74) is 1.25.